The van der Waals surface area contributed by atoms with Gasteiger partial charge in [0.05, 0.1) is 55.2 Å². The number of hydrogen-bond donors (Lipinski definition) is 1. The summed E-state index contributed by atoms with van der Waals surface area (Å²) >= 11 is 0. The number of aryl methyl sites for hydroxylation is 2. The number of rotatable bonds is 7. The SMILES string of the molecule is COC(=O)c1cc(O)cc(-c2ccc(C)cc2C#N)c1.COC(=O)c1cc(OCC2COC(C)(C)O2)cc(-c2ccc(C)cc2C#N)c1. The van der Waals surface area contributed by atoms with Crippen molar-refractivity contribution < 1.29 is 38.4 Å². The number of benzene rings is 4. The zero-order chi connectivity index (χ0) is 35.0. The minimum Gasteiger partial charge on any atom is -0.508 e. The summed E-state index contributed by atoms with van der Waals surface area (Å²) in [6, 6.07) is 24.9. The maximum absolute atomic E-state index is 12.1. The molecule has 0 saturated carbocycles. The Morgan fingerprint density at radius 2 is 1.33 bits per heavy atom. The van der Waals surface area contributed by atoms with Gasteiger partial charge in [0, 0.05) is 0 Å². The molecule has 1 atom stereocenters. The van der Waals surface area contributed by atoms with E-state index in [9.17, 15) is 25.2 Å². The van der Waals surface area contributed by atoms with Gasteiger partial charge >= 0.3 is 11.9 Å². The van der Waals surface area contributed by atoms with Crippen LogP contribution in [0.2, 0.25) is 0 Å². The number of methoxy groups -OCH3 is 2. The molecule has 5 rings (SSSR count). The van der Waals surface area contributed by atoms with Gasteiger partial charge in [0.1, 0.15) is 24.2 Å². The Labute approximate surface area is 279 Å². The van der Waals surface area contributed by atoms with Crippen LogP contribution in [0, 0.1) is 36.5 Å². The average Bonchev–Trinajstić information content (AvgIpc) is 3.44. The molecule has 1 aliphatic rings. The summed E-state index contributed by atoms with van der Waals surface area (Å²) in [5.74, 6) is -1.19. The highest BCUT2D eigenvalue weighted by atomic mass is 16.7. The summed E-state index contributed by atoms with van der Waals surface area (Å²) < 4.78 is 26.7. The number of nitriles is 2. The van der Waals surface area contributed by atoms with Crippen LogP contribution in [0.1, 0.15) is 56.8 Å². The molecule has 0 amide bonds. The molecule has 4 aromatic rings. The maximum atomic E-state index is 12.1. The van der Waals surface area contributed by atoms with Crippen molar-refractivity contribution in [2.24, 2.45) is 0 Å². The zero-order valence-corrected chi connectivity index (χ0v) is 27.6. The van der Waals surface area contributed by atoms with E-state index in [0.717, 1.165) is 16.7 Å². The second kappa shape index (κ2) is 15.3. The Morgan fingerprint density at radius 3 is 1.81 bits per heavy atom. The van der Waals surface area contributed by atoms with Gasteiger partial charge in [-0.3, -0.25) is 0 Å². The molecule has 1 saturated heterocycles. The van der Waals surface area contributed by atoms with Crippen LogP contribution >= 0.6 is 0 Å². The van der Waals surface area contributed by atoms with Gasteiger partial charge < -0.3 is 28.8 Å². The van der Waals surface area contributed by atoms with Gasteiger partial charge in [0.25, 0.3) is 0 Å². The standard InChI is InChI=1S/C22H23NO5.C16H13NO3/c1-14-5-6-20(17(7-14)11-23)15-8-16(21(24)25-4)10-18(9-15)26-12-19-13-27-22(2,3)28-19;1-10-3-4-15(13(5-10)9-17)11-6-12(16(19)20-2)8-14(18)7-11/h5-10,19H,12-13H2,1-4H3;3-8,18H,1-2H3. The van der Waals surface area contributed by atoms with Crippen molar-refractivity contribution >= 4 is 11.9 Å². The van der Waals surface area contributed by atoms with Crippen LogP contribution in [-0.4, -0.2) is 56.4 Å². The van der Waals surface area contributed by atoms with Gasteiger partial charge in [-0.1, -0.05) is 24.3 Å². The summed E-state index contributed by atoms with van der Waals surface area (Å²) in [5, 5.41) is 28.4. The van der Waals surface area contributed by atoms with Crippen molar-refractivity contribution in [3.05, 3.63) is 106 Å². The van der Waals surface area contributed by atoms with Crippen LogP contribution in [0.4, 0.5) is 0 Å². The van der Waals surface area contributed by atoms with Crippen LogP contribution in [0.5, 0.6) is 11.5 Å². The van der Waals surface area contributed by atoms with E-state index in [-0.39, 0.29) is 24.0 Å². The molecule has 1 heterocycles. The van der Waals surface area contributed by atoms with Crippen LogP contribution < -0.4 is 4.74 Å². The lowest BCUT2D eigenvalue weighted by Crippen LogP contribution is -2.25. The molecule has 0 aliphatic carbocycles. The molecule has 1 fully saturated rings. The van der Waals surface area contributed by atoms with Crippen LogP contribution in [-0.2, 0) is 18.9 Å². The molecule has 246 valence electrons. The number of hydrogen-bond acceptors (Lipinski definition) is 10. The Kier molecular flexibility index (Phi) is 11.2. The molecule has 1 N–H and O–H groups in total. The van der Waals surface area contributed by atoms with Crippen molar-refractivity contribution in [2.75, 3.05) is 27.4 Å². The normalized spacial score (nSPS) is 14.5. The van der Waals surface area contributed by atoms with Crippen molar-refractivity contribution in [1.29, 1.82) is 10.5 Å². The predicted octanol–water partition coefficient (Wildman–Crippen LogP) is 6.88. The molecule has 0 radical (unpaired) electrons. The number of phenols is 1. The van der Waals surface area contributed by atoms with Crippen molar-refractivity contribution in [1.82, 2.24) is 0 Å². The van der Waals surface area contributed by atoms with Crippen LogP contribution in [0.25, 0.3) is 22.3 Å². The Bertz CT molecular complexity index is 1920. The molecular formula is C38H36N2O8. The highest BCUT2D eigenvalue weighted by Crippen LogP contribution is 2.31. The topological polar surface area (TPSA) is 148 Å². The van der Waals surface area contributed by atoms with Gasteiger partial charge in [-0.05, 0) is 110 Å². The quantitative estimate of drug-likeness (QED) is 0.210. The summed E-state index contributed by atoms with van der Waals surface area (Å²) in [6.45, 7) is 8.25. The van der Waals surface area contributed by atoms with E-state index in [4.69, 9.17) is 18.9 Å². The van der Waals surface area contributed by atoms with Crippen LogP contribution in [0.3, 0.4) is 0 Å². The molecule has 10 heteroatoms. The fourth-order valence-electron chi connectivity index (χ4n) is 5.11. The fraction of sp³-hybridized carbons (Fsp3) is 0.263. The van der Waals surface area contributed by atoms with Gasteiger partial charge in [0.2, 0.25) is 0 Å². The minimum absolute atomic E-state index is 0.0487. The minimum atomic E-state index is -0.628. The first-order chi connectivity index (χ1) is 22.9. The number of nitrogens with zero attached hydrogens (tertiary/aromatic N) is 2. The number of carbonyl (C=O) groups excluding carboxylic acids is 2. The van der Waals surface area contributed by atoms with Crippen LogP contribution in [0.15, 0.2) is 72.8 Å². The number of carbonyl (C=O) groups is 2. The molecule has 1 unspecified atom stereocenters. The third-order valence-electron chi connectivity index (χ3n) is 7.38. The van der Waals surface area contributed by atoms with E-state index in [2.05, 4.69) is 16.9 Å². The Morgan fingerprint density at radius 1 is 0.812 bits per heavy atom. The van der Waals surface area contributed by atoms with E-state index < -0.39 is 17.7 Å². The zero-order valence-electron chi connectivity index (χ0n) is 27.6. The van der Waals surface area contributed by atoms with E-state index in [1.807, 2.05) is 52.0 Å². The number of esters is 2. The van der Waals surface area contributed by atoms with Gasteiger partial charge in [-0.2, -0.15) is 10.5 Å². The number of ether oxygens (including phenoxy) is 5. The molecular weight excluding hydrogens is 612 g/mol. The lowest BCUT2D eigenvalue weighted by Gasteiger charge is -2.18. The summed E-state index contributed by atoms with van der Waals surface area (Å²) in [7, 11) is 2.60. The second-order valence-corrected chi connectivity index (χ2v) is 11.6. The van der Waals surface area contributed by atoms with E-state index >= 15 is 0 Å². The first-order valence-corrected chi connectivity index (χ1v) is 15.0. The van der Waals surface area contributed by atoms with Crippen molar-refractivity contribution in [3.8, 4) is 45.9 Å². The van der Waals surface area contributed by atoms with Gasteiger partial charge in [-0.15, -0.1) is 0 Å². The molecule has 0 bridgehead atoms. The predicted molar refractivity (Wildman–Crippen MR) is 177 cm³/mol. The van der Waals surface area contributed by atoms with Crippen molar-refractivity contribution in [3.63, 3.8) is 0 Å². The molecule has 4 aromatic carbocycles. The molecule has 1 aliphatic heterocycles. The molecule has 0 aromatic heterocycles. The first kappa shape index (κ1) is 35.2. The lowest BCUT2D eigenvalue weighted by atomic mass is 9.97. The highest BCUT2D eigenvalue weighted by molar-refractivity contribution is 5.93. The average molecular weight is 649 g/mol. The van der Waals surface area contributed by atoms with Crippen molar-refractivity contribution in [2.45, 2.75) is 39.6 Å². The summed E-state index contributed by atoms with van der Waals surface area (Å²) in [6.07, 6.45) is -0.200. The smallest absolute Gasteiger partial charge is 0.338 e. The third-order valence-corrected chi connectivity index (χ3v) is 7.38. The third kappa shape index (κ3) is 8.77. The molecule has 10 nitrogen and oxygen atoms in total. The Balaban J connectivity index is 0.000000229. The fourth-order valence-corrected chi connectivity index (χ4v) is 5.11. The number of phenolic OH excluding ortho intramolecular Hbond substituents is 1. The molecule has 48 heavy (non-hydrogen) atoms. The van der Waals surface area contributed by atoms with E-state index in [1.54, 1.807) is 36.4 Å². The molecule has 0 spiro atoms. The largest absolute Gasteiger partial charge is 0.508 e. The first-order valence-electron chi connectivity index (χ1n) is 15.0. The highest BCUT2D eigenvalue weighted by Gasteiger charge is 2.33. The van der Waals surface area contributed by atoms with Gasteiger partial charge in [0.15, 0.2) is 5.79 Å². The lowest BCUT2D eigenvalue weighted by molar-refractivity contribution is -0.141. The second-order valence-electron chi connectivity index (χ2n) is 11.6. The Hall–Kier alpha value is -5.68. The summed E-state index contributed by atoms with van der Waals surface area (Å²) in [5.41, 5.74) is 6.27. The summed E-state index contributed by atoms with van der Waals surface area (Å²) in [4.78, 5) is 23.7. The van der Waals surface area contributed by atoms with Gasteiger partial charge in [-0.25, -0.2) is 9.59 Å². The van der Waals surface area contributed by atoms with E-state index in [0.29, 0.717) is 45.7 Å². The number of aromatic hydroxyl groups is 1. The van der Waals surface area contributed by atoms with E-state index in [1.165, 1.54) is 26.4 Å². The monoisotopic (exact) mass is 648 g/mol. The maximum Gasteiger partial charge on any atom is 0.338 e.